The smallest absolute Gasteiger partial charge is 0.306 e. The predicted octanol–water partition coefficient (Wildman–Crippen LogP) is 1.42. The van der Waals surface area contributed by atoms with Crippen LogP contribution in [0.25, 0.3) is 0 Å². The maximum atomic E-state index is 11.3. The first kappa shape index (κ1) is 9.97. The number of ether oxygens (including phenoxy) is 1. The van der Waals surface area contributed by atoms with Gasteiger partial charge in [0.25, 0.3) is 0 Å². The Labute approximate surface area is 85.4 Å². The van der Waals surface area contributed by atoms with Crippen LogP contribution < -0.4 is 0 Å². The van der Waals surface area contributed by atoms with E-state index in [9.17, 15) is 4.79 Å². The molecule has 2 bridgehead atoms. The molecule has 3 fully saturated rings. The fourth-order valence-corrected chi connectivity index (χ4v) is 2.48. The Morgan fingerprint density at radius 2 is 2.14 bits per heavy atom. The number of nitrogens with zero attached hydrogens (tertiary/aromatic N) is 1. The minimum Gasteiger partial charge on any atom is -0.461 e. The summed E-state index contributed by atoms with van der Waals surface area (Å²) in [4.78, 5) is 13.8. The highest BCUT2D eigenvalue weighted by Crippen LogP contribution is 2.29. The van der Waals surface area contributed by atoms with E-state index in [2.05, 4.69) is 4.90 Å². The van der Waals surface area contributed by atoms with E-state index >= 15 is 0 Å². The van der Waals surface area contributed by atoms with Gasteiger partial charge in [-0.1, -0.05) is 6.92 Å². The zero-order chi connectivity index (χ0) is 9.97. The molecule has 1 atom stereocenters. The van der Waals surface area contributed by atoms with Gasteiger partial charge in [-0.05, 0) is 38.3 Å². The molecule has 0 amide bonds. The lowest BCUT2D eigenvalue weighted by Gasteiger charge is -2.43. The first-order chi connectivity index (χ1) is 6.79. The van der Waals surface area contributed by atoms with Gasteiger partial charge in [0.2, 0.25) is 0 Å². The molecule has 0 aliphatic carbocycles. The predicted molar refractivity (Wildman–Crippen MR) is 54.0 cm³/mol. The Bertz CT molecular complexity index is 209. The fraction of sp³-hybridized carbons (Fsp3) is 0.909. The van der Waals surface area contributed by atoms with Gasteiger partial charge in [-0.3, -0.25) is 9.69 Å². The summed E-state index contributed by atoms with van der Waals surface area (Å²) < 4.78 is 5.49. The highest BCUT2D eigenvalue weighted by atomic mass is 16.5. The van der Waals surface area contributed by atoms with Crippen LogP contribution in [0.15, 0.2) is 0 Å². The lowest BCUT2D eigenvalue weighted by Crippen LogP contribution is -2.51. The van der Waals surface area contributed by atoms with Gasteiger partial charge in [-0.25, -0.2) is 0 Å². The highest BCUT2D eigenvalue weighted by Gasteiger charge is 2.36. The summed E-state index contributed by atoms with van der Waals surface area (Å²) in [5.74, 6) is 0.632. The number of rotatable bonds is 3. The maximum Gasteiger partial charge on any atom is 0.306 e. The van der Waals surface area contributed by atoms with Crippen LogP contribution in [0.5, 0.6) is 0 Å². The van der Waals surface area contributed by atoms with E-state index in [-0.39, 0.29) is 12.1 Å². The summed E-state index contributed by atoms with van der Waals surface area (Å²) in [5, 5.41) is 0. The lowest BCUT2D eigenvalue weighted by molar-refractivity contribution is -0.158. The molecule has 3 aliphatic heterocycles. The second-order valence-corrected chi connectivity index (χ2v) is 4.42. The lowest BCUT2D eigenvalue weighted by atomic mass is 9.86. The Balaban J connectivity index is 1.83. The van der Waals surface area contributed by atoms with Gasteiger partial charge in [0.1, 0.15) is 6.10 Å². The largest absolute Gasteiger partial charge is 0.461 e. The molecule has 3 saturated heterocycles. The van der Waals surface area contributed by atoms with E-state index in [1.54, 1.807) is 0 Å². The number of esters is 1. The van der Waals surface area contributed by atoms with Crippen LogP contribution in [0.2, 0.25) is 0 Å². The van der Waals surface area contributed by atoms with Crippen molar-refractivity contribution >= 4 is 5.97 Å². The maximum absolute atomic E-state index is 11.3. The van der Waals surface area contributed by atoms with Crippen molar-refractivity contribution in [2.75, 3.05) is 19.6 Å². The number of fused-ring (bicyclic) bond motifs is 3. The van der Waals surface area contributed by atoms with Gasteiger partial charge >= 0.3 is 5.97 Å². The molecule has 0 N–H and O–H groups in total. The van der Waals surface area contributed by atoms with Crippen LogP contribution >= 0.6 is 0 Å². The molecule has 0 aromatic rings. The van der Waals surface area contributed by atoms with Crippen LogP contribution in [0.3, 0.4) is 0 Å². The molecule has 0 radical (unpaired) electrons. The first-order valence-electron chi connectivity index (χ1n) is 5.71. The minimum absolute atomic E-state index is 0.00810. The molecule has 3 heterocycles. The van der Waals surface area contributed by atoms with Crippen LogP contribution in [-0.4, -0.2) is 36.6 Å². The zero-order valence-electron chi connectivity index (χ0n) is 8.87. The van der Waals surface area contributed by atoms with Gasteiger partial charge in [0, 0.05) is 13.0 Å². The Morgan fingerprint density at radius 3 is 2.64 bits per heavy atom. The number of piperidine rings is 3. The van der Waals surface area contributed by atoms with Gasteiger partial charge in [-0.2, -0.15) is 0 Å². The van der Waals surface area contributed by atoms with E-state index in [0.29, 0.717) is 12.3 Å². The topological polar surface area (TPSA) is 29.5 Å². The van der Waals surface area contributed by atoms with E-state index in [1.165, 1.54) is 25.9 Å². The van der Waals surface area contributed by atoms with Gasteiger partial charge in [0.15, 0.2) is 0 Å². The summed E-state index contributed by atoms with van der Waals surface area (Å²) in [6.45, 7) is 5.39. The van der Waals surface area contributed by atoms with E-state index in [1.807, 2.05) is 6.92 Å². The fourth-order valence-electron chi connectivity index (χ4n) is 2.48. The van der Waals surface area contributed by atoms with Crippen molar-refractivity contribution in [3.63, 3.8) is 0 Å². The van der Waals surface area contributed by atoms with Crippen molar-refractivity contribution in [1.29, 1.82) is 0 Å². The standard InChI is InChI=1S/C11H19NO2/c1-2-3-11(13)14-10-8-12-6-4-9(10)5-7-12/h9-10H,2-8H2,1H3/t10-/m1/s1. The van der Waals surface area contributed by atoms with Crippen molar-refractivity contribution in [3.8, 4) is 0 Å². The third kappa shape index (κ3) is 2.08. The summed E-state index contributed by atoms with van der Waals surface area (Å²) in [6.07, 6.45) is 4.08. The molecule has 3 nitrogen and oxygen atoms in total. The number of carbonyl (C=O) groups excluding carboxylic acids is 1. The second-order valence-electron chi connectivity index (χ2n) is 4.42. The molecular weight excluding hydrogens is 178 g/mol. The third-order valence-corrected chi connectivity index (χ3v) is 3.33. The monoisotopic (exact) mass is 197 g/mol. The van der Waals surface area contributed by atoms with E-state index < -0.39 is 0 Å². The average Bonchev–Trinajstić information content (AvgIpc) is 2.19. The Morgan fingerprint density at radius 1 is 1.43 bits per heavy atom. The van der Waals surface area contributed by atoms with Crippen LogP contribution in [0.1, 0.15) is 32.6 Å². The van der Waals surface area contributed by atoms with Crippen molar-refractivity contribution in [2.45, 2.75) is 38.7 Å². The van der Waals surface area contributed by atoms with Gasteiger partial charge in [-0.15, -0.1) is 0 Å². The minimum atomic E-state index is -0.00810. The quantitative estimate of drug-likeness (QED) is 0.641. The molecule has 0 aromatic carbocycles. The summed E-state index contributed by atoms with van der Waals surface area (Å²) in [7, 11) is 0. The Kier molecular flexibility index (Phi) is 3.06. The van der Waals surface area contributed by atoms with Crippen molar-refractivity contribution < 1.29 is 9.53 Å². The molecule has 3 rings (SSSR count). The van der Waals surface area contributed by atoms with Crippen LogP contribution in [0.4, 0.5) is 0 Å². The molecule has 3 heteroatoms. The number of hydrogen-bond donors (Lipinski definition) is 0. The summed E-state index contributed by atoms with van der Waals surface area (Å²) in [5.41, 5.74) is 0. The summed E-state index contributed by atoms with van der Waals surface area (Å²) in [6, 6.07) is 0. The van der Waals surface area contributed by atoms with Crippen LogP contribution in [0, 0.1) is 5.92 Å². The van der Waals surface area contributed by atoms with Gasteiger partial charge < -0.3 is 4.74 Å². The molecule has 0 saturated carbocycles. The molecule has 0 spiro atoms. The highest BCUT2D eigenvalue weighted by molar-refractivity contribution is 5.69. The summed E-state index contributed by atoms with van der Waals surface area (Å²) >= 11 is 0. The molecular formula is C11H19NO2. The second kappa shape index (κ2) is 4.30. The molecule has 0 aromatic heterocycles. The van der Waals surface area contributed by atoms with E-state index in [0.717, 1.165) is 13.0 Å². The van der Waals surface area contributed by atoms with E-state index in [4.69, 9.17) is 4.74 Å². The molecule has 80 valence electrons. The normalized spacial score (nSPS) is 35.6. The molecule has 3 aliphatic rings. The zero-order valence-corrected chi connectivity index (χ0v) is 8.87. The Hall–Kier alpha value is -0.570. The third-order valence-electron chi connectivity index (χ3n) is 3.33. The average molecular weight is 197 g/mol. The number of hydrogen-bond acceptors (Lipinski definition) is 3. The van der Waals surface area contributed by atoms with Crippen LogP contribution in [-0.2, 0) is 9.53 Å². The SMILES string of the molecule is CCCC(=O)O[C@@H]1CN2CCC1CC2. The molecule has 0 unspecified atom stereocenters. The van der Waals surface area contributed by atoms with Gasteiger partial charge in [0.05, 0.1) is 0 Å². The van der Waals surface area contributed by atoms with Crippen molar-refractivity contribution in [2.24, 2.45) is 5.92 Å². The van der Waals surface area contributed by atoms with Crippen molar-refractivity contribution in [3.05, 3.63) is 0 Å². The first-order valence-corrected chi connectivity index (χ1v) is 5.71. The van der Waals surface area contributed by atoms with Crippen molar-refractivity contribution in [1.82, 2.24) is 4.90 Å². The molecule has 14 heavy (non-hydrogen) atoms. The number of carbonyl (C=O) groups is 1.